The van der Waals surface area contributed by atoms with E-state index in [0.717, 1.165) is 37.1 Å². The monoisotopic (exact) mass is 457 g/mol. The summed E-state index contributed by atoms with van der Waals surface area (Å²) >= 11 is 0. The van der Waals surface area contributed by atoms with Crippen LogP contribution in [0.1, 0.15) is 107 Å². The summed E-state index contributed by atoms with van der Waals surface area (Å²) in [5.74, 6) is 0.278. The largest absolute Gasteiger partial charge is 0.410 e. The molecule has 3 aliphatic rings. The molecule has 1 aromatic heterocycles. The number of nitrogens with zero attached hydrogens (tertiary/aromatic N) is 1. The molecule has 1 aromatic rings. The lowest BCUT2D eigenvalue weighted by molar-refractivity contribution is 0.0297. The summed E-state index contributed by atoms with van der Waals surface area (Å²) < 4.78 is 12.8. The van der Waals surface area contributed by atoms with E-state index in [1.807, 2.05) is 0 Å². The zero-order valence-corrected chi connectivity index (χ0v) is 22.3. The number of pyridine rings is 1. The summed E-state index contributed by atoms with van der Waals surface area (Å²) in [5.41, 5.74) is 7.51. The van der Waals surface area contributed by atoms with Crippen molar-refractivity contribution in [3.8, 4) is 0 Å². The van der Waals surface area contributed by atoms with Gasteiger partial charge in [-0.1, -0.05) is 47.1 Å². The van der Waals surface area contributed by atoms with Crippen molar-refractivity contribution in [3.05, 3.63) is 34.2 Å². The van der Waals surface area contributed by atoms with Gasteiger partial charge in [-0.3, -0.25) is 4.98 Å². The van der Waals surface area contributed by atoms with Gasteiger partial charge in [0.15, 0.2) is 8.32 Å². The number of ether oxygens (including phenoxy) is 1. The quantitative estimate of drug-likeness (QED) is 0.501. The van der Waals surface area contributed by atoms with Crippen LogP contribution in [-0.4, -0.2) is 31.6 Å². The van der Waals surface area contributed by atoms with Gasteiger partial charge in [0, 0.05) is 22.5 Å². The molecule has 0 radical (unpaired) electrons. The van der Waals surface area contributed by atoms with E-state index in [1.165, 1.54) is 41.7 Å². The van der Waals surface area contributed by atoms with Crippen molar-refractivity contribution in [3.63, 3.8) is 0 Å². The maximum absolute atomic E-state index is 10.6. The summed E-state index contributed by atoms with van der Waals surface area (Å²) in [6.45, 7) is 17.5. The lowest BCUT2D eigenvalue weighted by atomic mass is 9.59. The van der Waals surface area contributed by atoms with E-state index in [4.69, 9.17) is 14.1 Å². The molecule has 1 fully saturated rings. The molecule has 1 aliphatic heterocycles. The summed E-state index contributed by atoms with van der Waals surface area (Å²) in [4.78, 5) is 5.28. The van der Waals surface area contributed by atoms with Gasteiger partial charge in [-0.05, 0) is 72.7 Å². The SMILES string of the molecule is CC(C)c1nc2c(c(C3=CCOCC3)c1CO)C(O[Si](C)(C)C(C)(C)C)CC1(CCC1)C2. The van der Waals surface area contributed by atoms with Crippen molar-refractivity contribution in [2.75, 3.05) is 13.2 Å². The van der Waals surface area contributed by atoms with Crippen LogP contribution in [0.4, 0.5) is 0 Å². The first-order valence-electron chi connectivity index (χ1n) is 12.6. The van der Waals surface area contributed by atoms with Gasteiger partial charge < -0.3 is 14.3 Å². The van der Waals surface area contributed by atoms with Crippen LogP contribution in [0, 0.1) is 5.41 Å². The Morgan fingerprint density at radius 2 is 2.00 bits per heavy atom. The Labute approximate surface area is 195 Å². The minimum atomic E-state index is -1.98. The van der Waals surface area contributed by atoms with Crippen LogP contribution >= 0.6 is 0 Å². The summed E-state index contributed by atoms with van der Waals surface area (Å²) in [5, 5.41) is 10.7. The van der Waals surface area contributed by atoms with Crippen molar-refractivity contribution in [2.45, 2.75) is 110 Å². The Morgan fingerprint density at radius 3 is 2.50 bits per heavy atom. The topological polar surface area (TPSA) is 51.6 Å². The molecule has 1 saturated carbocycles. The highest BCUT2D eigenvalue weighted by Gasteiger charge is 2.49. The number of aliphatic hydroxyl groups is 1. The molecular weight excluding hydrogens is 414 g/mol. The van der Waals surface area contributed by atoms with Gasteiger partial charge in [-0.25, -0.2) is 0 Å². The highest BCUT2D eigenvalue weighted by atomic mass is 28.4. The molecule has 1 N–H and O–H groups in total. The molecule has 4 rings (SSSR count). The van der Waals surface area contributed by atoms with Crippen LogP contribution in [0.25, 0.3) is 5.57 Å². The van der Waals surface area contributed by atoms with Gasteiger partial charge in [0.05, 0.1) is 25.9 Å². The van der Waals surface area contributed by atoms with Crippen LogP contribution in [0.3, 0.4) is 0 Å². The van der Waals surface area contributed by atoms with Gasteiger partial charge in [-0.2, -0.15) is 0 Å². The molecular formula is C27H43NO3Si. The second-order valence-electron chi connectivity index (χ2n) is 12.2. The van der Waals surface area contributed by atoms with E-state index in [1.54, 1.807) is 0 Å². The fraction of sp³-hybridized carbons (Fsp3) is 0.741. The zero-order valence-electron chi connectivity index (χ0n) is 21.3. The fourth-order valence-corrected chi connectivity index (χ4v) is 6.83. The Kier molecular flexibility index (Phi) is 6.52. The van der Waals surface area contributed by atoms with Crippen LogP contribution in [-0.2, 0) is 22.2 Å². The fourth-order valence-electron chi connectivity index (χ4n) is 5.56. The highest BCUT2D eigenvalue weighted by Crippen LogP contribution is 2.57. The maximum Gasteiger partial charge on any atom is 0.192 e. The van der Waals surface area contributed by atoms with Crippen LogP contribution in [0.2, 0.25) is 18.1 Å². The minimum absolute atomic E-state index is 0.0271. The highest BCUT2D eigenvalue weighted by molar-refractivity contribution is 6.74. The molecule has 5 heteroatoms. The molecule has 0 bridgehead atoms. The molecule has 0 aromatic carbocycles. The molecule has 1 spiro atoms. The van der Waals surface area contributed by atoms with Crippen molar-refractivity contribution in [2.24, 2.45) is 5.41 Å². The molecule has 0 saturated heterocycles. The Morgan fingerprint density at radius 1 is 1.28 bits per heavy atom. The van der Waals surface area contributed by atoms with Gasteiger partial charge in [0.25, 0.3) is 0 Å². The molecule has 1 unspecified atom stereocenters. The van der Waals surface area contributed by atoms with Crippen LogP contribution in [0.15, 0.2) is 6.08 Å². The van der Waals surface area contributed by atoms with E-state index in [9.17, 15) is 5.11 Å². The van der Waals surface area contributed by atoms with Crippen molar-refractivity contribution < 1.29 is 14.3 Å². The van der Waals surface area contributed by atoms with Crippen molar-refractivity contribution in [1.29, 1.82) is 0 Å². The maximum atomic E-state index is 10.6. The average molecular weight is 458 g/mol. The second kappa shape index (κ2) is 8.64. The van der Waals surface area contributed by atoms with E-state index < -0.39 is 8.32 Å². The number of hydrogen-bond acceptors (Lipinski definition) is 4. The summed E-state index contributed by atoms with van der Waals surface area (Å²) in [7, 11) is -1.98. The third kappa shape index (κ3) is 4.26. The lowest BCUT2D eigenvalue weighted by Crippen LogP contribution is -2.46. The molecule has 1 atom stereocenters. The molecule has 2 aliphatic carbocycles. The first-order chi connectivity index (χ1) is 15.0. The first kappa shape index (κ1) is 24.1. The number of hydrogen-bond donors (Lipinski definition) is 1. The molecule has 2 heterocycles. The third-order valence-corrected chi connectivity index (χ3v) is 13.1. The van der Waals surface area contributed by atoms with Gasteiger partial charge in [0.2, 0.25) is 0 Å². The van der Waals surface area contributed by atoms with Crippen molar-refractivity contribution >= 4 is 13.9 Å². The van der Waals surface area contributed by atoms with E-state index in [0.29, 0.717) is 12.0 Å². The molecule has 0 amide bonds. The normalized spacial score (nSPS) is 23.2. The summed E-state index contributed by atoms with van der Waals surface area (Å²) in [6.07, 6.45) is 9.23. The van der Waals surface area contributed by atoms with E-state index in [2.05, 4.69) is 53.8 Å². The number of aliphatic hydroxyl groups excluding tert-OH is 1. The predicted molar refractivity (Wildman–Crippen MR) is 133 cm³/mol. The Hall–Kier alpha value is -1.01. The molecule has 4 nitrogen and oxygen atoms in total. The smallest absolute Gasteiger partial charge is 0.192 e. The first-order valence-corrected chi connectivity index (χ1v) is 15.5. The predicted octanol–water partition coefficient (Wildman–Crippen LogP) is 6.68. The third-order valence-electron chi connectivity index (χ3n) is 8.58. The Bertz CT molecular complexity index is 893. The van der Waals surface area contributed by atoms with Crippen LogP contribution < -0.4 is 0 Å². The van der Waals surface area contributed by atoms with E-state index in [-0.39, 0.29) is 23.7 Å². The number of fused-ring (bicyclic) bond motifs is 1. The standard InChI is InChI=1S/C27H43NO3Si/c1-18(2)25-20(17-29)23(19-9-13-30-14-10-19)24-21(28-25)15-27(11-8-12-27)16-22(24)31-32(6,7)26(3,4)5/h9,18,22,29H,8,10-17H2,1-7H3. The van der Waals surface area contributed by atoms with E-state index >= 15 is 0 Å². The molecule has 32 heavy (non-hydrogen) atoms. The average Bonchev–Trinajstić information content (AvgIpc) is 2.70. The second-order valence-corrected chi connectivity index (χ2v) is 16.9. The van der Waals surface area contributed by atoms with Gasteiger partial charge in [0.1, 0.15) is 0 Å². The number of aromatic nitrogens is 1. The van der Waals surface area contributed by atoms with Crippen LogP contribution in [0.5, 0.6) is 0 Å². The Balaban J connectivity index is 1.93. The summed E-state index contributed by atoms with van der Waals surface area (Å²) in [6, 6.07) is 0. The minimum Gasteiger partial charge on any atom is -0.410 e. The zero-order chi connectivity index (χ0) is 23.3. The molecule has 178 valence electrons. The van der Waals surface area contributed by atoms with Gasteiger partial charge >= 0.3 is 0 Å². The lowest BCUT2D eigenvalue weighted by Gasteiger charge is -2.51. The van der Waals surface area contributed by atoms with Crippen molar-refractivity contribution in [1.82, 2.24) is 4.98 Å². The number of rotatable bonds is 5. The van der Waals surface area contributed by atoms with Gasteiger partial charge in [-0.15, -0.1) is 0 Å².